The molecule has 1 aromatic carbocycles. The Morgan fingerprint density at radius 1 is 1.34 bits per heavy atom. The molecule has 9 nitrogen and oxygen atoms in total. The van der Waals surface area contributed by atoms with E-state index in [2.05, 4.69) is 10.2 Å². The standard InChI is InChI=1S/C19H28N4O5.ClH/c1-14-12-16(23(27)28)5-6-17(14)20-18(24)8-11-22-9-3-4-15(7-10-22)21(2)13-19(25)26;/h5-6,12,15H,3-4,7-11,13H2,1-2H3,(H,20,24)(H,25,26);1H. The second kappa shape index (κ2) is 11.7. The molecule has 0 bridgehead atoms. The number of carbonyl (C=O) groups is 2. The zero-order valence-electron chi connectivity index (χ0n) is 16.8. The molecule has 0 saturated carbocycles. The summed E-state index contributed by atoms with van der Waals surface area (Å²) < 4.78 is 0. The average molecular weight is 429 g/mol. The Balaban J connectivity index is 0.00000420. The number of carbonyl (C=O) groups excluding carboxylic acids is 1. The molecule has 1 aromatic rings. The number of hydrogen-bond donors (Lipinski definition) is 2. The van der Waals surface area contributed by atoms with E-state index in [1.165, 1.54) is 12.1 Å². The van der Waals surface area contributed by atoms with Crippen molar-refractivity contribution < 1.29 is 19.6 Å². The largest absolute Gasteiger partial charge is 0.480 e. The molecule has 0 spiro atoms. The molecule has 1 atom stereocenters. The Hall–Kier alpha value is -2.23. The molecule has 1 aliphatic rings. The fourth-order valence-electron chi connectivity index (χ4n) is 3.52. The van der Waals surface area contributed by atoms with Crippen LogP contribution in [0.2, 0.25) is 0 Å². The van der Waals surface area contributed by atoms with Gasteiger partial charge in [0.05, 0.1) is 11.5 Å². The van der Waals surface area contributed by atoms with Crippen molar-refractivity contribution in [2.45, 2.75) is 38.6 Å². The summed E-state index contributed by atoms with van der Waals surface area (Å²) in [4.78, 5) is 37.6. The van der Waals surface area contributed by atoms with Gasteiger partial charge in [-0.3, -0.25) is 24.6 Å². The van der Waals surface area contributed by atoms with Gasteiger partial charge in [0.15, 0.2) is 0 Å². The molecule has 1 unspecified atom stereocenters. The lowest BCUT2D eigenvalue weighted by molar-refractivity contribution is -0.384. The number of anilines is 1. The quantitative estimate of drug-likeness (QED) is 0.482. The summed E-state index contributed by atoms with van der Waals surface area (Å²) >= 11 is 0. The van der Waals surface area contributed by atoms with E-state index in [0.29, 0.717) is 24.2 Å². The number of amides is 1. The molecular weight excluding hydrogens is 400 g/mol. The van der Waals surface area contributed by atoms with Gasteiger partial charge in [0, 0.05) is 36.8 Å². The SMILES string of the molecule is Cc1cc([N+](=O)[O-])ccc1NC(=O)CCN1CCCC(N(C)CC(=O)O)CC1.Cl. The van der Waals surface area contributed by atoms with Gasteiger partial charge in [-0.1, -0.05) is 0 Å². The summed E-state index contributed by atoms with van der Waals surface area (Å²) in [5.41, 5.74) is 1.24. The van der Waals surface area contributed by atoms with E-state index in [0.717, 1.165) is 32.4 Å². The maximum absolute atomic E-state index is 12.3. The Kier molecular flexibility index (Phi) is 10.0. The minimum atomic E-state index is -0.818. The molecule has 1 saturated heterocycles. The van der Waals surface area contributed by atoms with Crippen LogP contribution in [-0.4, -0.2) is 71.0 Å². The summed E-state index contributed by atoms with van der Waals surface area (Å²) in [7, 11) is 1.84. The molecule has 10 heteroatoms. The van der Waals surface area contributed by atoms with Crippen molar-refractivity contribution in [2.75, 3.05) is 38.5 Å². The summed E-state index contributed by atoms with van der Waals surface area (Å²) in [6.07, 6.45) is 3.14. The van der Waals surface area contributed by atoms with Gasteiger partial charge < -0.3 is 15.3 Å². The van der Waals surface area contributed by atoms with E-state index < -0.39 is 10.9 Å². The second-order valence-electron chi connectivity index (χ2n) is 7.29. The van der Waals surface area contributed by atoms with Crippen LogP contribution in [0.4, 0.5) is 11.4 Å². The van der Waals surface area contributed by atoms with Gasteiger partial charge >= 0.3 is 5.97 Å². The van der Waals surface area contributed by atoms with Crippen molar-refractivity contribution in [3.63, 3.8) is 0 Å². The predicted molar refractivity (Wildman–Crippen MR) is 113 cm³/mol. The number of likely N-dealkylation sites (tertiary alicyclic amines) is 1. The maximum Gasteiger partial charge on any atom is 0.317 e. The summed E-state index contributed by atoms with van der Waals surface area (Å²) in [5.74, 6) is -0.942. The van der Waals surface area contributed by atoms with E-state index in [-0.39, 0.29) is 36.6 Å². The van der Waals surface area contributed by atoms with Gasteiger partial charge in [-0.2, -0.15) is 0 Å². The van der Waals surface area contributed by atoms with Crippen molar-refractivity contribution in [2.24, 2.45) is 0 Å². The van der Waals surface area contributed by atoms with Gasteiger partial charge in [0.25, 0.3) is 5.69 Å². The first-order chi connectivity index (χ1) is 13.3. The highest BCUT2D eigenvalue weighted by Crippen LogP contribution is 2.21. The molecule has 0 aliphatic carbocycles. The fraction of sp³-hybridized carbons (Fsp3) is 0.579. The number of carboxylic acid groups (broad SMARTS) is 1. The number of nitrogens with one attached hydrogen (secondary N) is 1. The van der Waals surface area contributed by atoms with Crippen molar-refractivity contribution in [1.29, 1.82) is 0 Å². The number of nitro benzene ring substituents is 1. The van der Waals surface area contributed by atoms with Crippen LogP contribution in [0, 0.1) is 17.0 Å². The third kappa shape index (κ3) is 7.96. The van der Waals surface area contributed by atoms with Crippen LogP contribution in [-0.2, 0) is 9.59 Å². The molecular formula is C19H29ClN4O5. The van der Waals surface area contributed by atoms with Gasteiger partial charge in [-0.05, 0) is 58.0 Å². The second-order valence-corrected chi connectivity index (χ2v) is 7.29. The minimum absolute atomic E-state index is 0. The molecule has 162 valence electrons. The van der Waals surface area contributed by atoms with Crippen LogP contribution in [0.1, 0.15) is 31.2 Å². The van der Waals surface area contributed by atoms with Crippen molar-refractivity contribution in [1.82, 2.24) is 9.80 Å². The smallest absolute Gasteiger partial charge is 0.317 e. The topological polar surface area (TPSA) is 116 Å². The monoisotopic (exact) mass is 428 g/mol. The number of non-ortho nitro benzene ring substituents is 1. The lowest BCUT2D eigenvalue weighted by Gasteiger charge is -2.25. The molecule has 2 rings (SSSR count). The number of benzene rings is 1. The lowest BCUT2D eigenvalue weighted by Crippen LogP contribution is -2.36. The van der Waals surface area contributed by atoms with Gasteiger partial charge in [-0.25, -0.2) is 0 Å². The highest BCUT2D eigenvalue weighted by molar-refractivity contribution is 5.91. The van der Waals surface area contributed by atoms with E-state index in [9.17, 15) is 19.7 Å². The van der Waals surface area contributed by atoms with Crippen LogP contribution >= 0.6 is 12.4 Å². The molecule has 1 aliphatic heterocycles. The normalized spacial score (nSPS) is 17.3. The first-order valence-corrected chi connectivity index (χ1v) is 9.45. The molecule has 1 fully saturated rings. The highest BCUT2D eigenvalue weighted by Gasteiger charge is 2.22. The fourth-order valence-corrected chi connectivity index (χ4v) is 3.52. The first-order valence-electron chi connectivity index (χ1n) is 9.45. The number of halogens is 1. The molecule has 0 radical (unpaired) electrons. The van der Waals surface area contributed by atoms with E-state index in [1.54, 1.807) is 13.0 Å². The molecule has 1 amide bonds. The van der Waals surface area contributed by atoms with Crippen molar-refractivity contribution in [3.8, 4) is 0 Å². The third-order valence-corrected chi connectivity index (χ3v) is 5.15. The van der Waals surface area contributed by atoms with Gasteiger partial charge in [0.2, 0.25) is 5.91 Å². The summed E-state index contributed by atoms with van der Waals surface area (Å²) in [5, 5.41) is 22.5. The zero-order valence-corrected chi connectivity index (χ0v) is 17.6. The van der Waals surface area contributed by atoms with Crippen molar-refractivity contribution in [3.05, 3.63) is 33.9 Å². The Morgan fingerprint density at radius 2 is 2.07 bits per heavy atom. The van der Waals surface area contributed by atoms with Gasteiger partial charge in [-0.15, -0.1) is 12.4 Å². The Labute approximate surface area is 176 Å². The number of nitrogens with zero attached hydrogens (tertiary/aromatic N) is 3. The maximum atomic E-state index is 12.3. The molecule has 1 heterocycles. The number of carboxylic acids is 1. The number of aryl methyl sites for hydroxylation is 1. The van der Waals surface area contributed by atoms with Crippen LogP contribution in [0.3, 0.4) is 0 Å². The molecule has 0 aromatic heterocycles. The number of rotatable bonds is 8. The molecule has 2 N–H and O–H groups in total. The van der Waals surface area contributed by atoms with Crippen LogP contribution < -0.4 is 5.32 Å². The van der Waals surface area contributed by atoms with Crippen LogP contribution in [0.15, 0.2) is 18.2 Å². The Bertz CT molecular complexity index is 731. The summed E-state index contributed by atoms with van der Waals surface area (Å²) in [6, 6.07) is 4.63. The van der Waals surface area contributed by atoms with Crippen molar-refractivity contribution >= 4 is 35.7 Å². The van der Waals surface area contributed by atoms with Gasteiger partial charge in [0.1, 0.15) is 0 Å². The molecule has 29 heavy (non-hydrogen) atoms. The number of aliphatic carboxylic acids is 1. The average Bonchev–Trinajstić information content (AvgIpc) is 2.86. The lowest BCUT2D eigenvalue weighted by atomic mass is 10.1. The Morgan fingerprint density at radius 3 is 2.69 bits per heavy atom. The zero-order chi connectivity index (χ0) is 20.7. The number of likely N-dealkylation sites (N-methyl/N-ethyl adjacent to an activating group) is 1. The first kappa shape index (κ1) is 24.8. The van der Waals surface area contributed by atoms with E-state index in [1.807, 2.05) is 11.9 Å². The predicted octanol–water partition coefficient (Wildman–Crippen LogP) is 2.52. The number of nitro groups is 1. The van der Waals surface area contributed by atoms with Crippen LogP contribution in [0.25, 0.3) is 0 Å². The summed E-state index contributed by atoms with van der Waals surface area (Å²) in [6.45, 7) is 4.12. The number of hydrogen-bond acceptors (Lipinski definition) is 6. The third-order valence-electron chi connectivity index (χ3n) is 5.15. The van der Waals surface area contributed by atoms with E-state index >= 15 is 0 Å². The highest BCUT2D eigenvalue weighted by atomic mass is 35.5. The minimum Gasteiger partial charge on any atom is -0.480 e. The van der Waals surface area contributed by atoms with E-state index in [4.69, 9.17) is 5.11 Å². The van der Waals surface area contributed by atoms with Crippen LogP contribution in [0.5, 0.6) is 0 Å².